The Bertz CT molecular complexity index is 709. The van der Waals surface area contributed by atoms with Crippen LogP contribution in [0.3, 0.4) is 0 Å². The summed E-state index contributed by atoms with van der Waals surface area (Å²) in [6.07, 6.45) is 16.0. The van der Waals surface area contributed by atoms with Crippen molar-refractivity contribution in [3.05, 3.63) is 23.3 Å². The van der Waals surface area contributed by atoms with Crippen LogP contribution in [-0.4, -0.2) is 59.8 Å². The average Bonchev–Trinajstić information content (AvgIpc) is 2.83. The van der Waals surface area contributed by atoms with Gasteiger partial charge in [-0.15, -0.1) is 23.2 Å². The van der Waals surface area contributed by atoms with E-state index in [-0.39, 0.29) is 9.75 Å². The molecule has 0 fully saturated rings. The Morgan fingerprint density at radius 3 is 1.61 bits per heavy atom. The summed E-state index contributed by atoms with van der Waals surface area (Å²) in [5.41, 5.74) is 3.56. The molecule has 4 unspecified atom stereocenters. The van der Waals surface area contributed by atoms with Crippen molar-refractivity contribution in [2.24, 2.45) is 10.8 Å². The summed E-state index contributed by atoms with van der Waals surface area (Å²) < 4.78 is 0. The lowest BCUT2D eigenvalue weighted by atomic mass is 9.77. The minimum absolute atomic E-state index is 0.120. The molecule has 0 rings (SSSR count). The summed E-state index contributed by atoms with van der Waals surface area (Å²) in [5, 5.41) is 0. The molecule has 0 radical (unpaired) electrons. The molecule has 0 N–H and O–H groups in total. The van der Waals surface area contributed by atoms with Crippen LogP contribution < -0.4 is 0 Å². The highest BCUT2D eigenvalue weighted by Crippen LogP contribution is 2.37. The highest BCUT2D eigenvalue weighted by Gasteiger charge is 2.27. The van der Waals surface area contributed by atoms with Gasteiger partial charge in [0.05, 0.1) is 4.87 Å². The molecule has 0 saturated carbocycles. The van der Waals surface area contributed by atoms with Crippen LogP contribution in [-0.2, 0) is 0 Å². The van der Waals surface area contributed by atoms with E-state index in [4.69, 9.17) is 23.2 Å². The standard InChI is InChI=1S/C34H66Cl2N2/c1-13-31(7,26-29(5)18-19-33(9,35)15-3)20-24-38(23-17-22-37(11)12)25-21-32(8,14-2)27-30(6)28-34(10,36)16-4/h18,28H,13-17,19-27H2,1-12H3/b29-18+,30-28+. The van der Waals surface area contributed by atoms with Gasteiger partial charge in [-0.1, -0.05) is 77.7 Å². The summed E-state index contributed by atoms with van der Waals surface area (Å²) >= 11 is 13.3. The van der Waals surface area contributed by atoms with E-state index < -0.39 is 0 Å². The number of hydrogen-bond acceptors (Lipinski definition) is 2. The molecule has 4 heteroatoms. The van der Waals surface area contributed by atoms with Crippen molar-refractivity contribution in [3.63, 3.8) is 0 Å². The van der Waals surface area contributed by atoms with Crippen molar-refractivity contribution in [2.75, 3.05) is 40.3 Å². The molecular weight excluding hydrogens is 507 g/mol. The molecule has 0 saturated heterocycles. The van der Waals surface area contributed by atoms with Crippen molar-refractivity contribution in [2.45, 2.75) is 143 Å². The summed E-state index contributed by atoms with van der Waals surface area (Å²) in [7, 11) is 4.37. The van der Waals surface area contributed by atoms with Crippen LogP contribution in [0, 0.1) is 10.8 Å². The minimum atomic E-state index is -0.229. The number of nitrogens with zero attached hydrogens (tertiary/aromatic N) is 2. The van der Waals surface area contributed by atoms with Gasteiger partial charge < -0.3 is 9.80 Å². The second-order valence-corrected chi connectivity index (χ2v) is 15.6. The van der Waals surface area contributed by atoms with E-state index >= 15 is 0 Å². The molecule has 2 nitrogen and oxygen atoms in total. The first kappa shape index (κ1) is 38.0. The fraction of sp³-hybridized carbons (Fsp3) is 0.882. The van der Waals surface area contributed by atoms with Crippen molar-refractivity contribution >= 4 is 23.2 Å². The van der Waals surface area contributed by atoms with Crippen molar-refractivity contribution in [1.82, 2.24) is 9.80 Å². The number of rotatable bonds is 21. The summed E-state index contributed by atoms with van der Waals surface area (Å²) in [6.45, 7) is 27.6. The summed E-state index contributed by atoms with van der Waals surface area (Å²) in [5.74, 6) is 0. The maximum absolute atomic E-state index is 6.68. The second kappa shape index (κ2) is 17.7. The van der Waals surface area contributed by atoms with Crippen LogP contribution >= 0.6 is 23.2 Å². The number of allylic oxidation sites excluding steroid dienone is 4. The van der Waals surface area contributed by atoms with E-state index in [0.717, 1.165) is 38.6 Å². The maximum atomic E-state index is 6.68. The summed E-state index contributed by atoms with van der Waals surface area (Å²) in [6, 6.07) is 0. The molecule has 38 heavy (non-hydrogen) atoms. The molecule has 0 aromatic rings. The fourth-order valence-corrected chi connectivity index (χ4v) is 5.46. The minimum Gasteiger partial charge on any atom is -0.309 e. The van der Waals surface area contributed by atoms with Crippen LogP contribution in [0.2, 0.25) is 0 Å². The third kappa shape index (κ3) is 16.9. The molecule has 0 aliphatic heterocycles. The molecule has 0 aromatic carbocycles. The first-order valence-corrected chi connectivity index (χ1v) is 16.3. The van der Waals surface area contributed by atoms with E-state index in [1.807, 2.05) is 0 Å². The monoisotopic (exact) mass is 572 g/mol. The molecular formula is C34H66Cl2N2. The molecule has 4 atom stereocenters. The Hall–Kier alpha value is -0.0200. The first-order valence-electron chi connectivity index (χ1n) is 15.5. The van der Waals surface area contributed by atoms with E-state index in [2.05, 4.69) is 105 Å². The van der Waals surface area contributed by atoms with Crippen molar-refractivity contribution in [1.29, 1.82) is 0 Å². The van der Waals surface area contributed by atoms with Crippen LogP contribution in [0.25, 0.3) is 0 Å². The molecule has 226 valence electrons. The first-order chi connectivity index (χ1) is 17.4. The number of hydrogen-bond donors (Lipinski definition) is 0. The smallest absolute Gasteiger partial charge is 0.0597 e. The van der Waals surface area contributed by atoms with E-state index in [1.54, 1.807) is 0 Å². The summed E-state index contributed by atoms with van der Waals surface area (Å²) in [4.78, 5) is 4.72. The molecule has 0 spiro atoms. The Labute approximate surface area is 250 Å². The van der Waals surface area contributed by atoms with Gasteiger partial charge in [-0.25, -0.2) is 0 Å². The molecule has 0 bridgehead atoms. The lowest BCUT2D eigenvalue weighted by Crippen LogP contribution is -2.35. The van der Waals surface area contributed by atoms with Gasteiger partial charge in [-0.3, -0.25) is 0 Å². The van der Waals surface area contributed by atoms with Crippen LogP contribution in [0.4, 0.5) is 0 Å². The molecule has 0 aliphatic rings. The van der Waals surface area contributed by atoms with E-state index in [0.29, 0.717) is 10.8 Å². The number of halogens is 2. The van der Waals surface area contributed by atoms with Gasteiger partial charge in [0.25, 0.3) is 0 Å². The lowest BCUT2D eigenvalue weighted by Gasteiger charge is -2.35. The molecule has 0 aromatic heterocycles. The Balaban J connectivity index is 5.39. The molecule has 0 heterocycles. The van der Waals surface area contributed by atoms with Crippen LogP contribution in [0.15, 0.2) is 23.3 Å². The zero-order chi connectivity index (χ0) is 29.6. The van der Waals surface area contributed by atoms with Crippen LogP contribution in [0.5, 0.6) is 0 Å². The van der Waals surface area contributed by atoms with Crippen molar-refractivity contribution < 1.29 is 0 Å². The Morgan fingerprint density at radius 1 is 0.684 bits per heavy atom. The lowest BCUT2D eigenvalue weighted by molar-refractivity contribution is 0.162. The Morgan fingerprint density at radius 2 is 1.18 bits per heavy atom. The molecule has 0 aliphatic carbocycles. The zero-order valence-electron chi connectivity index (χ0n) is 27.7. The van der Waals surface area contributed by atoms with Gasteiger partial charge in [0.2, 0.25) is 0 Å². The van der Waals surface area contributed by atoms with E-state index in [9.17, 15) is 0 Å². The third-order valence-electron chi connectivity index (χ3n) is 9.11. The second-order valence-electron chi connectivity index (χ2n) is 13.8. The van der Waals surface area contributed by atoms with Gasteiger partial charge in [0.15, 0.2) is 0 Å². The van der Waals surface area contributed by atoms with Gasteiger partial charge >= 0.3 is 0 Å². The molecule has 0 amide bonds. The topological polar surface area (TPSA) is 6.48 Å². The normalized spacial score (nSPS) is 19.8. The quantitative estimate of drug-likeness (QED) is 0.0995. The van der Waals surface area contributed by atoms with Gasteiger partial charge in [0, 0.05) is 4.87 Å². The van der Waals surface area contributed by atoms with Crippen molar-refractivity contribution in [3.8, 4) is 0 Å². The predicted octanol–water partition coefficient (Wildman–Crippen LogP) is 10.7. The van der Waals surface area contributed by atoms with Crippen LogP contribution in [0.1, 0.15) is 133 Å². The fourth-order valence-electron chi connectivity index (χ4n) is 5.20. The van der Waals surface area contributed by atoms with Gasteiger partial charge in [-0.05, 0) is 130 Å². The average molecular weight is 574 g/mol. The SMILES string of the molecule is CCC(C)(Cl)/C=C(\C)CC(C)(CC)CCN(CCCN(C)C)CCC(C)(CC)C/C(C)=C/CC(C)(Cl)CC. The van der Waals surface area contributed by atoms with E-state index in [1.165, 1.54) is 62.9 Å². The third-order valence-corrected chi connectivity index (χ3v) is 9.91. The Kier molecular flexibility index (Phi) is 17.7. The zero-order valence-corrected chi connectivity index (χ0v) is 29.2. The van der Waals surface area contributed by atoms with Gasteiger partial charge in [0.1, 0.15) is 0 Å². The highest BCUT2D eigenvalue weighted by atomic mass is 35.5. The van der Waals surface area contributed by atoms with Gasteiger partial charge in [-0.2, -0.15) is 0 Å². The highest BCUT2D eigenvalue weighted by molar-refractivity contribution is 6.25. The largest absolute Gasteiger partial charge is 0.309 e. The predicted molar refractivity (Wildman–Crippen MR) is 176 cm³/mol. The maximum Gasteiger partial charge on any atom is 0.0597 e. The number of alkyl halides is 2.